The van der Waals surface area contributed by atoms with Gasteiger partial charge in [-0.2, -0.15) is 17.4 Å². The highest BCUT2D eigenvalue weighted by Crippen LogP contribution is 2.31. The van der Waals surface area contributed by atoms with Crippen molar-refractivity contribution in [1.29, 1.82) is 0 Å². The summed E-state index contributed by atoms with van der Waals surface area (Å²) in [6.45, 7) is 5.73. The molecule has 20 heavy (non-hydrogen) atoms. The van der Waals surface area contributed by atoms with E-state index in [0.29, 0.717) is 26.1 Å². The second-order valence-corrected chi connectivity index (χ2v) is 7.32. The van der Waals surface area contributed by atoms with E-state index in [1.165, 1.54) is 4.31 Å². The number of rotatable bonds is 8. The van der Waals surface area contributed by atoms with Crippen LogP contribution in [0.1, 0.15) is 46.0 Å². The van der Waals surface area contributed by atoms with E-state index < -0.39 is 10.2 Å². The van der Waals surface area contributed by atoms with Crippen molar-refractivity contribution in [2.45, 2.75) is 57.6 Å². The van der Waals surface area contributed by atoms with Crippen molar-refractivity contribution >= 4 is 10.2 Å². The van der Waals surface area contributed by atoms with Gasteiger partial charge >= 0.3 is 0 Å². The molecule has 0 aliphatic carbocycles. The van der Waals surface area contributed by atoms with Crippen LogP contribution in [0.2, 0.25) is 0 Å². The van der Waals surface area contributed by atoms with Crippen molar-refractivity contribution in [2.24, 2.45) is 5.73 Å². The molecule has 0 aromatic heterocycles. The van der Waals surface area contributed by atoms with Gasteiger partial charge in [0.1, 0.15) is 0 Å². The Morgan fingerprint density at radius 3 is 2.60 bits per heavy atom. The van der Waals surface area contributed by atoms with Gasteiger partial charge in [-0.15, -0.1) is 0 Å². The summed E-state index contributed by atoms with van der Waals surface area (Å²) in [7, 11) is -1.84. The highest BCUT2D eigenvalue weighted by Gasteiger charge is 2.36. The highest BCUT2D eigenvalue weighted by molar-refractivity contribution is 7.87. The van der Waals surface area contributed by atoms with Crippen LogP contribution < -0.4 is 10.5 Å². The molecule has 1 saturated heterocycles. The van der Waals surface area contributed by atoms with Gasteiger partial charge in [-0.05, 0) is 38.6 Å². The normalized spacial score (nSPS) is 23.1. The number of nitrogens with two attached hydrogens (primary N) is 1. The average molecular weight is 307 g/mol. The molecule has 0 aromatic carbocycles. The van der Waals surface area contributed by atoms with Gasteiger partial charge in [-0.3, -0.25) is 0 Å². The largest absolute Gasteiger partial charge is 0.375 e. The molecule has 6 nitrogen and oxygen atoms in total. The van der Waals surface area contributed by atoms with Gasteiger partial charge < -0.3 is 10.5 Å². The molecule has 1 rings (SSSR count). The average Bonchev–Trinajstić information content (AvgIpc) is 2.44. The molecule has 0 aromatic rings. The monoisotopic (exact) mass is 307 g/mol. The van der Waals surface area contributed by atoms with Crippen molar-refractivity contribution in [2.75, 3.05) is 26.7 Å². The zero-order valence-electron chi connectivity index (χ0n) is 12.9. The molecule has 0 bridgehead atoms. The van der Waals surface area contributed by atoms with E-state index in [-0.39, 0.29) is 11.6 Å². The maximum Gasteiger partial charge on any atom is 0.279 e. The summed E-state index contributed by atoms with van der Waals surface area (Å²) in [4.78, 5) is 0. The first-order chi connectivity index (χ1) is 9.39. The second-order valence-electron chi connectivity index (χ2n) is 5.51. The van der Waals surface area contributed by atoms with Crippen LogP contribution in [-0.2, 0) is 14.9 Å². The Hall–Kier alpha value is -0.210. The third kappa shape index (κ3) is 4.66. The van der Waals surface area contributed by atoms with E-state index in [1.54, 1.807) is 7.05 Å². The highest BCUT2D eigenvalue weighted by atomic mass is 32.2. The van der Waals surface area contributed by atoms with E-state index in [4.69, 9.17) is 10.5 Å². The fraction of sp³-hybridized carbons (Fsp3) is 1.00. The molecule has 1 fully saturated rings. The first-order valence-corrected chi connectivity index (χ1v) is 8.90. The third-order valence-corrected chi connectivity index (χ3v) is 5.82. The van der Waals surface area contributed by atoms with Gasteiger partial charge in [0.25, 0.3) is 10.2 Å². The molecular weight excluding hydrogens is 278 g/mol. The maximum atomic E-state index is 12.2. The molecule has 7 heteroatoms. The number of hydrogen-bond acceptors (Lipinski definition) is 4. The van der Waals surface area contributed by atoms with Crippen LogP contribution in [0.15, 0.2) is 0 Å². The zero-order valence-corrected chi connectivity index (χ0v) is 13.7. The summed E-state index contributed by atoms with van der Waals surface area (Å²) in [5.74, 6) is 0. The zero-order chi connectivity index (χ0) is 15.2. The first-order valence-electron chi connectivity index (χ1n) is 7.46. The molecule has 1 heterocycles. The maximum absolute atomic E-state index is 12.2. The minimum atomic E-state index is -3.43. The number of hydrogen-bond donors (Lipinski definition) is 2. The molecule has 0 radical (unpaired) electrons. The molecule has 1 aliphatic heterocycles. The van der Waals surface area contributed by atoms with E-state index >= 15 is 0 Å². The summed E-state index contributed by atoms with van der Waals surface area (Å²) in [6.07, 6.45) is 3.95. The third-order valence-electron chi connectivity index (χ3n) is 4.18. The Labute approximate surface area is 123 Å². The number of ether oxygens (including phenoxy) is 1. The molecule has 120 valence electrons. The lowest BCUT2D eigenvalue weighted by Crippen LogP contribution is -2.51. The topological polar surface area (TPSA) is 84.7 Å². The van der Waals surface area contributed by atoms with Gasteiger partial charge in [0.15, 0.2) is 0 Å². The van der Waals surface area contributed by atoms with Crippen LogP contribution in [0.5, 0.6) is 0 Å². The lowest BCUT2D eigenvalue weighted by atomic mass is 9.86. The quantitative estimate of drug-likeness (QED) is 0.696. The molecule has 1 atom stereocenters. The minimum Gasteiger partial charge on any atom is -0.375 e. The van der Waals surface area contributed by atoms with Crippen molar-refractivity contribution in [3.05, 3.63) is 0 Å². The number of nitrogens with zero attached hydrogens (tertiary/aromatic N) is 1. The lowest BCUT2D eigenvalue weighted by Gasteiger charge is -2.40. The van der Waals surface area contributed by atoms with E-state index in [2.05, 4.69) is 18.6 Å². The SMILES string of the molecule is CCC1(CC)CC(NS(=O)(=O)N(C)CCCN)CCO1. The molecular formula is C13H29N3O3S. The summed E-state index contributed by atoms with van der Waals surface area (Å²) in [5, 5.41) is 0. The summed E-state index contributed by atoms with van der Waals surface area (Å²) in [5.41, 5.74) is 5.24. The van der Waals surface area contributed by atoms with Crippen LogP contribution in [0.3, 0.4) is 0 Å². The molecule has 0 spiro atoms. The fourth-order valence-electron chi connectivity index (χ4n) is 2.61. The summed E-state index contributed by atoms with van der Waals surface area (Å²) >= 11 is 0. The Balaban J connectivity index is 2.63. The first kappa shape index (κ1) is 17.8. The van der Waals surface area contributed by atoms with Gasteiger partial charge in [-0.1, -0.05) is 13.8 Å². The van der Waals surface area contributed by atoms with Gasteiger partial charge in [-0.25, -0.2) is 0 Å². The molecule has 1 unspecified atom stereocenters. The van der Waals surface area contributed by atoms with Crippen LogP contribution in [0.4, 0.5) is 0 Å². The Bertz CT molecular complexity index is 382. The number of nitrogens with one attached hydrogen (secondary N) is 1. The Morgan fingerprint density at radius 2 is 2.05 bits per heavy atom. The molecule has 1 aliphatic rings. The van der Waals surface area contributed by atoms with Crippen molar-refractivity contribution in [3.63, 3.8) is 0 Å². The summed E-state index contributed by atoms with van der Waals surface area (Å²) in [6, 6.07) is -0.0472. The van der Waals surface area contributed by atoms with Gasteiger partial charge in [0, 0.05) is 26.2 Å². The van der Waals surface area contributed by atoms with E-state index in [9.17, 15) is 8.42 Å². The van der Waals surface area contributed by atoms with Crippen molar-refractivity contribution in [3.8, 4) is 0 Å². The fourth-order valence-corrected chi connectivity index (χ4v) is 3.78. The predicted molar refractivity (Wildman–Crippen MR) is 80.6 cm³/mol. The van der Waals surface area contributed by atoms with E-state index in [0.717, 1.165) is 25.7 Å². The van der Waals surface area contributed by atoms with Gasteiger partial charge in [0.05, 0.1) is 5.60 Å². The smallest absolute Gasteiger partial charge is 0.279 e. The van der Waals surface area contributed by atoms with Crippen LogP contribution in [-0.4, -0.2) is 51.1 Å². The Morgan fingerprint density at radius 1 is 1.40 bits per heavy atom. The van der Waals surface area contributed by atoms with Crippen molar-refractivity contribution in [1.82, 2.24) is 9.03 Å². The summed E-state index contributed by atoms with van der Waals surface area (Å²) < 4.78 is 34.5. The van der Waals surface area contributed by atoms with Crippen molar-refractivity contribution < 1.29 is 13.2 Å². The lowest BCUT2D eigenvalue weighted by molar-refractivity contribution is -0.0906. The second kappa shape index (κ2) is 7.70. The predicted octanol–water partition coefficient (Wildman–Crippen LogP) is 0.839. The molecule has 3 N–H and O–H groups in total. The van der Waals surface area contributed by atoms with Crippen LogP contribution >= 0.6 is 0 Å². The minimum absolute atomic E-state index is 0.0472. The molecule has 0 saturated carbocycles. The molecule has 0 amide bonds. The standard InChI is InChI=1S/C13H29N3O3S/c1-4-13(5-2)11-12(7-10-19-13)15-20(17,18)16(3)9-6-8-14/h12,15H,4-11,14H2,1-3H3. The Kier molecular flexibility index (Phi) is 6.87. The van der Waals surface area contributed by atoms with Crippen LogP contribution in [0.25, 0.3) is 0 Å². The van der Waals surface area contributed by atoms with Gasteiger partial charge in [0.2, 0.25) is 0 Å². The van der Waals surface area contributed by atoms with Crippen LogP contribution in [0, 0.1) is 0 Å². The van der Waals surface area contributed by atoms with E-state index in [1.807, 2.05) is 0 Å².